The van der Waals surface area contributed by atoms with E-state index in [9.17, 15) is 4.79 Å². The van der Waals surface area contributed by atoms with Gasteiger partial charge < -0.3 is 9.64 Å². The number of methoxy groups -OCH3 is 1. The van der Waals surface area contributed by atoms with Gasteiger partial charge in [-0.2, -0.15) is 0 Å². The topological polar surface area (TPSA) is 42.4 Å². The highest BCUT2D eigenvalue weighted by molar-refractivity contribution is 7.09. The number of hydrogen-bond acceptors (Lipinski definition) is 4. The first kappa shape index (κ1) is 13.5. The third-order valence-corrected chi connectivity index (χ3v) is 3.57. The lowest BCUT2D eigenvalue weighted by atomic mass is 10.2. The van der Waals surface area contributed by atoms with Crippen LogP contribution in [-0.2, 0) is 6.54 Å². The highest BCUT2D eigenvalue weighted by atomic mass is 32.1. The normalized spacial score (nSPS) is 10.3. The second kappa shape index (κ2) is 5.84. The highest BCUT2D eigenvalue weighted by Crippen LogP contribution is 2.14. The molecule has 5 heteroatoms. The molecule has 0 saturated carbocycles. The first-order chi connectivity index (χ1) is 9.10. The molecule has 0 atom stereocenters. The second-order valence-corrected chi connectivity index (χ2v) is 5.31. The van der Waals surface area contributed by atoms with Gasteiger partial charge in [0.15, 0.2) is 0 Å². The number of rotatable bonds is 4. The van der Waals surface area contributed by atoms with E-state index in [4.69, 9.17) is 4.74 Å². The Balaban J connectivity index is 2.05. The third kappa shape index (κ3) is 3.32. The van der Waals surface area contributed by atoms with Crippen molar-refractivity contribution in [3.8, 4) is 5.75 Å². The molecule has 2 rings (SSSR count). The Labute approximate surface area is 116 Å². The van der Waals surface area contributed by atoms with Crippen molar-refractivity contribution in [1.29, 1.82) is 0 Å². The molecule has 0 unspecified atom stereocenters. The van der Waals surface area contributed by atoms with Crippen LogP contribution in [0.15, 0.2) is 29.6 Å². The number of ether oxygens (including phenoxy) is 1. The van der Waals surface area contributed by atoms with Gasteiger partial charge in [-0.15, -0.1) is 11.3 Å². The van der Waals surface area contributed by atoms with Crippen molar-refractivity contribution in [3.05, 3.63) is 45.9 Å². The lowest BCUT2D eigenvalue weighted by Crippen LogP contribution is -2.26. The summed E-state index contributed by atoms with van der Waals surface area (Å²) < 4.78 is 5.07. The Morgan fingerprint density at radius 3 is 2.58 bits per heavy atom. The van der Waals surface area contributed by atoms with Gasteiger partial charge in [0, 0.05) is 18.0 Å². The summed E-state index contributed by atoms with van der Waals surface area (Å²) in [6.45, 7) is 2.48. The fourth-order valence-corrected chi connectivity index (χ4v) is 2.35. The van der Waals surface area contributed by atoms with E-state index in [-0.39, 0.29) is 5.91 Å². The molecule has 1 aromatic carbocycles. The Kier molecular flexibility index (Phi) is 4.16. The van der Waals surface area contributed by atoms with Crippen LogP contribution in [0.3, 0.4) is 0 Å². The molecule has 1 aromatic heterocycles. The van der Waals surface area contributed by atoms with Gasteiger partial charge in [0.1, 0.15) is 5.75 Å². The first-order valence-electron chi connectivity index (χ1n) is 5.90. The molecule has 0 aliphatic carbocycles. The zero-order chi connectivity index (χ0) is 13.8. The Bertz CT molecular complexity index is 563. The van der Waals surface area contributed by atoms with Crippen molar-refractivity contribution in [3.63, 3.8) is 0 Å². The maximum absolute atomic E-state index is 12.2. The molecule has 1 amide bonds. The summed E-state index contributed by atoms with van der Waals surface area (Å²) in [6, 6.07) is 7.11. The van der Waals surface area contributed by atoms with Crippen molar-refractivity contribution in [2.75, 3.05) is 14.2 Å². The maximum atomic E-state index is 12.2. The molecular weight excluding hydrogens is 260 g/mol. The lowest BCUT2D eigenvalue weighted by molar-refractivity contribution is 0.0783. The molecule has 0 spiro atoms. The molecule has 0 N–H and O–H groups in total. The smallest absolute Gasteiger partial charge is 0.253 e. The average molecular weight is 276 g/mol. The van der Waals surface area contributed by atoms with E-state index in [1.807, 2.05) is 12.3 Å². The van der Waals surface area contributed by atoms with Crippen molar-refractivity contribution in [2.45, 2.75) is 13.5 Å². The third-order valence-electron chi connectivity index (χ3n) is 2.75. The molecule has 0 saturated heterocycles. The van der Waals surface area contributed by atoms with E-state index in [0.717, 1.165) is 16.5 Å². The predicted molar refractivity (Wildman–Crippen MR) is 75.6 cm³/mol. The SMILES string of the molecule is COc1ccc(C(=O)N(C)Cc2csc(C)n2)cc1. The van der Waals surface area contributed by atoms with Crippen LogP contribution in [0.25, 0.3) is 0 Å². The van der Waals surface area contributed by atoms with Crippen LogP contribution in [0, 0.1) is 6.92 Å². The number of thiazole rings is 1. The summed E-state index contributed by atoms with van der Waals surface area (Å²) in [5.41, 5.74) is 1.57. The van der Waals surface area contributed by atoms with E-state index in [1.165, 1.54) is 0 Å². The van der Waals surface area contributed by atoms with Crippen LogP contribution in [-0.4, -0.2) is 29.9 Å². The zero-order valence-electron chi connectivity index (χ0n) is 11.2. The van der Waals surface area contributed by atoms with E-state index >= 15 is 0 Å². The molecule has 1 heterocycles. The van der Waals surface area contributed by atoms with E-state index in [0.29, 0.717) is 12.1 Å². The van der Waals surface area contributed by atoms with Gasteiger partial charge in [0.25, 0.3) is 5.91 Å². The summed E-state index contributed by atoms with van der Waals surface area (Å²) >= 11 is 1.59. The monoisotopic (exact) mass is 276 g/mol. The average Bonchev–Trinajstić information content (AvgIpc) is 2.83. The molecule has 0 aliphatic rings. The minimum atomic E-state index is -0.0201. The molecule has 0 fully saturated rings. The van der Waals surface area contributed by atoms with E-state index < -0.39 is 0 Å². The Morgan fingerprint density at radius 1 is 1.37 bits per heavy atom. The minimum absolute atomic E-state index is 0.0201. The maximum Gasteiger partial charge on any atom is 0.253 e. The largest absolute Gasteiger partial charge is 0.497 e. The van der Waals surface area contributed by atoms with Crippen LogP contribution < -0.4 is 4.74 Å². The molecule has 0 aliphatic heterocycles. The molecule has 2 aromatic rings. The lowest BCUT2D eigenvalue weighted by Gasteiger charge is -2.16. The van der Waals surface area contributed by atoms with Crippen molar-refractivity contribution < 1.29 is 9.53 Å². The second-order valence-electron chi connectivity index (χ2n) is 4.25. The van der Waals surface area contributed by atoms with Crippen LogP contribution in [0.2, 0.25) is 0 Å². The van der Waals surface area contributed by atoms with Gasteiger partial charge >= 0.3 is 0 Å². The van der Waals surface area contributed by atoms with Crippen LogP contribution in [0.4, 0.5) is 0 Å². The van der Waals surface area contributed by atoms with Gasteiger partial charge in [-0.3, -0.25) is 4.79 Å². The Morgan fingerprint density at radius 2 is 2.05 bits per heavy atom. The number of hydrogen-bond donors (Lipinski definition) is 0. The minimum Gasteiger partial charge on any atom is -0.497 e. The summed E-state index contributed by atoms with van der Waals surface area (Å²) in [6.07, 6.45) is 0. The summed E-state index contributed by atoms with van der Waals surface area (Å²) in [5, 5.41) is 2.99. The van der Waals surface area contributed by atoms with Crippen LogP contribution in [0.5, 0.6) is 5.75 Å². The zero-order valence-corrected chi connectivity index (χ0v) is 12.0. The highest BCUT2D eigenvalue weighted by Gasteiger charge is 2.13. The predicted octanol–water partition coefficient (Wildman–Crippen LogP) is 2.73. The number of carbonyl (C=O) groups excluding carboxylic acids is 1. The van der Waals surface area contributed by atoms with Crippen LogP contribution in [0.1, 0.15) is 21.1 Å². The summed E-state index contributed by atoms with van der Waals surface area (Å²) in [7, 11) is 3.38. The molecular formula is C14H16N2O2S. The van der Waals surface area contributed by atoms with Gasteiger partial charge in [0.05, 0.1) is 24.4 Å². The fourth-order valence-electron chi connectivity index (χ4n) is 1.75. The Hall–Kier alpha value is -1.88. The quantitative estimate of drug-likeness (QED) is 0.862. The summed E-state index contributed by atoms with van der Waals surface area (Å²) in [5.74, 6) is 0.725. The number of carbonyl (C=O) groups is 1. The number of aryl methyl sites for hydroxylation is 1. The van der Waals surface area contributed by atoms with Crippen LogP contribution >= 0.6 is 11.3 Å². The van der Waals surface area contributed by atoms with Crippen molar-refractivity contribution in [1.82, 2.24) is 9.88 Å². The van der Waals surface area contributed by atoms with E-state index in [2.05, 4.69) is 4.98 Å². The van der Waals surface area contributed by atoms with Gasteiger partial charge in [0.2, 0.25) is 0 Å². The fraction of sp³-hybridized carbons (Fsp3) is 0.286. The number of amides is 1. The number of benzene rings is 1. The molecule has 0 bridgehead atoms. The van der Waals surface area contributed by atoms with Gasteiger partial charge in [-0.1, -0.05) is 0 Å². The number of nitrogens with zero attached hydrogens (tertiary/aromatic N) is 2. The van der Waals surface area contributed by atoms with Crippen molar-refractivity contribution >= 4 is 17.2 Å². The molecule has 100 valence electrons. The van der Waals surface area contributed by atoms with E-state index in [1.54, 1.807) is 54.7 Å². The molecule has 4 nitrogen and oxygen atoms in total. The molecule has 19 heavy (non-hydrogen) atoms. The van der Waals surface area contributed by atoms with Crippen molar-refractivity contribution in [2.24, 2.45) is 0 Å². The van der Waals surface area contributed by atoms with Gasteiger partial charge in [-0.25, -0.2) is 4.98 Å². The number of aromatic nitrogens is 1. The first-order valence-corrected chi connectivity index (χ1v) is 6.78. The standard InChI is InChI=1S/C14H16N2O2S/c1-10-15-12(9-19-10)8-16(2)14(17)11-4-6-13(18-3)7-5-11/h4-7,9H,8H2,1-3H3. The van der Waals surface area contributed by atoms with Gasteiger partial charge in [-0.05, 0) is 31.2 Å². The summed E-state index contributed by atoms with van der Waals surface area (Å²) in [4.78, 5) is 18.2. The molecule has 0 radical (unpaired) electrons.